The van der Waals surface area contributed by atoms with Gasteiger partial charge in [0.1, 0.15) is 11.9 Å². The van der Waals surface area contributed by atoms with Crippen LogP contribution in [0, 0.1) is 11.3 Å². The molecule has 11 heteroatoms. The summed E-state index contributed by atoms with van der Waals surface area (Å²) in [6.45, 7) is -0.212. The van der Waals surface area contributed by atoms with E-state index in [1.54, 1.807) is 36.4 Å². The molecule has 0 saturated carbocycles. The van der Waals surface area contributed by atoms with E-state index in [1.807, 2.05) is 6.07 Å². The molecule has 0 atom stereocenters. The maximum atomic E-state index is 12.5. The second-order valence-electron chi connectivity index (χ2n) is 6.99. The fourth-order valence-corrected chi connectivity index (χ4v) is 3.21. The van der Waals surface area contributed by atoms with Crippen LogP contribution in [0.4, 0.5) is 31.1 Å². The van der Waals surface area contributed by atoms with Crippen molar-refractivity contribution in [3.8, 4) is 11.8 Å². The molecule has 1 fully saturated rings. The van der Waals surface area contributed by atoms with E-state index in [9.17, 15) is 31.1 Å². The Kier molecular flexibility index (Phi) is 6.20. The molecule has 5 nitrogen and oxygen atoms in total. The second kappa shape index (κ2) is 8.53. The van der Waals surface area contributed by atoms with Gasteiger partial charge in [-0.05, 0) is 35.0 Å². The van der Waals surface area contributed by atoms with E-state index in [4.69, 9.17) is 10.00 Å². The molecule has 166 valence electrons. The first-order valence-corrected chi connectivity index (χ1v) is 9.17. The minimum absolute atomic E-state index is 0.106. The number of nitriles is 1. The lowest BCUT2D eigenvalue weighted by molar-refractivity contribution is -0.308. The number of carbonyl (C=O) groups is 1. The highest BCUT2D eigenvalue weighted by Crippen LogP contribution is 2.36. The molecule has 0 N–H and O–H groups in total. The van der Waals surface area contributed by atoms with Crippen LogP contribution in [-0.2, 0) is 4.74 Å². The smallest absolute Gasteiger partial charge is 0.434 e. The van der Waals surface area contributed by atoms with E-state index in [-0.39, 0.29) is 32.0 Å². The predicted molar refractivity (Wildman–Crippen MR) is 96.3 cm³/mol. The van der Waals surface area contributed by atoms with Gasteiger partial charge in [0, 0.05) is 25.9 Å². The Morgan fingerprint density at radius 1 is 1.00 bits per heavy atom. The second-order valence-corrected chi connectivity index (χ2v) is 6.99. The molecule has 1 heterocycles. The van der Waals surface area contributed by atoms with Crippen LogP contribution in [0.2, 0.25) is 0 Å². The Labute approximate surface area is 172 Å². The number of ether oxygens (including phenoxy) is 2. The first kappa shape index (κ1) is 22.5. The van der Waals surface area contributed by atoms with Gasteiger partial charge in [-0.25, -0.2) is 4.79 Å². The highest BCUT2D eigenvalue weighted by atomic mass is 19.4. The molecule has 2 aromatic rings. The molecule has 2 aromatic carbocycles. The monoisotopic (exact) mass is 446 g/mol. The number of hydrogen-bond acceptors (Lipinski definition) is 4. The third-order valence-electron chi connectivity index (χ3n) is 4.76. The number of carbonyl (C=O) groups excluding carboxylic acids is 1. The lowest BCUT2D eigenvalue weighted by Gasteiger charge is -2.33. The maximum Gasteiger partial charge on any atom is 0.434 e. The van der Waals surface area contributed by atoms with Gasteiger partial charge < -0.3 is 14.4 Å². The molecule has 0 radical (unpaired) electrons. The third-order valence-corrected chi connectivity index (χ3v) is 4.76. The quantitative estimate of drug-likeness (QED) is 0.610. The van der Waals surface area contributed by atoms with Gasteiger partial charge in [-0.3, -0.25) is 0 Å². The highest BCUT2D eigenvalue weighted by molar-refractivity contribution is 5.85. The van der Waals surface area contributed by atoms with Crippen LogP contribution < -0.4 is 4.74 Å². The number of piperidine rings is 1. The first-order valence-electron chi connectivity index (χ1n) is 9.17. The van der Waals surface area contributed by atoms with Gasteiger partial charge >= 0.3 is 18.4 Å². The van der Waals surface area contributed by atoms with Gasteiger partial charge in [0.2, 0.25) is 0 Å². The van der Waals surface area contributed by atoms with Gasteiger partial charge in [0.15, 0.2) is 0 Å². The molecule has 31 heavy (non-hydrogen) atoms. The molecule has 0 unspecified atom stereocenters. The summed E-state index contributed by atoms with van der Waals surface area (Å²) in [5.41, 5.74) is 0.513. The van der Waals surface area contributed by atoms with Gasteiger partial charge in [-0.15, -0.1) is 0 Å². The molecule has 0 spiro atoms. The van der Waals surface area contributed by atoms with Crippen molar-refractivity contribution in [1.82, 2.24) is 4.90 Å². The van der Waals surface area contributed by atoms with Crippen LogP contribution >= 0.6 is 0 Å². The molecule has 0 aromatic heterocycles. The normalized spacial score (nSPS) is 15.7. The number of rotatable bonds is 3. The fraction of sp³-hybridized carbons (Fsp3) is 0.400. The van der Waals surface area contributed by atoms with E-state index in [1.165, 1.54) is 0 Å². The topological polar surface area (TPSA) is 62.6 Å². The Morgan fingerprint density at radius 2 is 1.58 bits per heavy atom. The molecule has 1 aliphatic heterocycles. The fourth-order valence-electron chi connectivity index (χ4n) is 3.21. The summed E-state index contributed by atoms with van der Waals surface area (Å²) in [5.74, 6) is 0.521. The number of amides is 1. The summed E-state index contributed by atoms with van der Waals surface area (Å²) in [5, 5.41) is 10.6. The maximum absolute atomic E-state index is 12.5. The summed E-state index contributed by atoms with van der Waals surface area (Å²) in [6.07, 6.45) is -17.3. The zero-order valence-corrected chi connectivity index (χ0v) is 15.8. The molecule has 1 saturated heterocycles. The summed E-state index contributed by atoms with van der Waals surface area (Å²) < 4.78 is 84.8. The van der Waals surface area contributed by atoms with Crippen LogP contribution in [-0.4, -0.2) is 48.6 Å². The minimum atomic E-state index is -5.75. The summed E-state index contributed by atoms with van der Waals surface area (Å²) in [4.78, 5) is 12.6. The average Bonchev–Trinajstić information content (AvgIpc) is 2.70. The lowest BCUT2D eigenvalue weighted by atomic mass is 10.1. The van der Waals surface area contributed by atoms with Crippen molar-refractivity contribution in [2.45, 2.75) is 37.4 Å². The zero-order chi connectivity index (χ0) is 22.8. The number of alkyl halides is 6. The van der Waals surface area contributed by atoms with Gasteiger partial charge in [-0.2, -0.15) is 31.6 Å². The predicted octanol–water partition coefficient (Wildman–Crippen LogP) is 5.18. The number of nitrogens with zero attached hydrogens (tertiary/aromatic N) is 2. The summed E-state index contributed by atoms with van der Waals surface area (Å²) >= 11 is 0. The molecule has 1 amide bonds. The number of halogens is 6. The Bertz CT molecular complexity index is 977. The standard InChI is InChI=1S/C20H16F6N2O3/c21-19(22,23)17(20(24,25)26)31-18(29)28-7-5-15(6-8-28)30-16-4-3-13-9-12(11-27)1-2-14(13)10-16/h1-4,9-10,15,17H,5-8H2. The Morgan fingerprint density at radius 3 is 2.16 bits per heavy atom. The van der Waals surface area contributed by atoms with E-state index in [2.05, 4.69) is 4.74 Å². The molecular formula is C20H16F6N2O3. The number of fused-ring (bicyclic) bond motifs is 1. The van der Waals surface area contributed by atoms with Crippen LogP contribution in [0.1, 0.15) is 18.4 Å². The van der Waals surface area contributed by atoms with Gasteiger partial charge in [-0.1, -0.05) is 12.1 Å². The first-order chi connectivity index (χ1) is 14.5. The van der Waals surface area contributed by atoms with Crippen molar-refractivity contribution in [3.63, 3.8) is 0 Å². The van der Waals surface area contributed by atoms with Crippen molar-refractivity contribution in [2.24, 2.45) is 0 Å². The van der Waals surface area contributed by atoms with Crippen LogP contribution in [0.3, 0.4) is 0 Å². The van der Waals surface area contributed by atoms with Crippen LogP contribution in [0.25, 0.3) is 10.8 Å². The number of benzene rings is 2. The molecule has 1 aliphatic rings. The third kappa shape index (κ3) is 5.51. The zero-order valence-electron chi connectivity index (χ0n) is 15.8. The van der Waals surface area contributed by atoms with Crippen molar-refractivity contribution in [3.05, 3.63) is 42.0 Å². The highest BCUT2D eigenvalue weighted by Gasteiger charge is 2.60. The van der Waals surface area contributed by atoms with Gasteiger partial charge in [0.05, 0.1) is 11.6 Å². The Balaban J connectivity index is 1.57. The van der Waals surface area contributed by atoms with Crippen molar-refractivity contribution in [2.75, 3.05) is 13.1 Å². The van der Waals surface area contributed by atoms with E-state index in [0.29, 0.717) is 11.3 Å². The van der Waals surface area contributed by atoms with E-state index >= 15 is 0 Å². The van der Waals surface area contributed by atoms with E-state index in [0.717, 1.165) is 15.7 Å². The number of likely N-dealkylation sites (tertiary alicyclic amines) is 1. The Hall–Kier alpha value is -3.16. The van der Waals surface area contributed by atoms with E-state index < -0.39 is 24.5 Å². The SMILES string of the molecule is N#Cc1ccc2cc(OC3CCN(C(=O)OC(C(F)(F)F)C(F)(F)F)CC3)ccc2c1. The largest absolute Gasteiger partial charge is 0.490 e. The minimum Gasteiger partial charge on any atom is -0.490 e. The van der Waals surface area contributed by atoms with Crippen molar-refractivity contribution < 1.29 is 40.6 Å². The van der Waals surface area contributed by atoms with Crippen LogP contribution in [0.15, 0.2) is 36.4 Å². The molecule has 0 aliphatic carbocycles. The van der Waals surface area contributed by atoms with Crippen molar-refractivity contribution in [1.29, 1.82) is 5.26 Å². The molecule has 3 rings (SSSR count). The average molecular weight is 446 g/mol. The lowest BCUT2D eigenvalue weighted by Crippen LogP contribution is -2.50. The number of hydrogen-bond donors (Lipinski definition) is 0. The summed E-state index contributed by atoms with van der Waals surface area (Å²) in [7, 11) is 0. The molecular weight excluding hydrogens is 430 g/mol. The van der Waals surface area contributed by atoms with Crippen LogP contribution in [0.5, 0.6) is 5.75 Å². The van der Waals surface area contributed by atoms with Gasteiger partial charge in [0.25, 0.3) is 6.10 Å². The summed E-state index contributed by atoms with van der Waals surface area (Å²) in [6, 6.07) is 12.4. The molecule has 0 bridgehead atoms. The van der Waals surface area contributed by atoms with Crippen molar-refractivity contribution >= 4 is 16.9 Å².